The maximum atomic E-state index is 11.7. The van der Waals surface area contributed by atoms with E-state index in [2.05, 4.69) is 24.1 Å². The van der Waals surface area contributed by atoms with Crippen molar-refractivity contribution >= 4 is 5.91 Å². The van der Waals surface area contributed by atoms with E-state index in [1.165, 1.54) is 0 Å². The van der Waals surface area contributed by atoms with E-state index in [1.54, 1.807) is 0 Å². The van der Waals surface area contributed by atoms with Gasteiger partial charge in [0.2, 0.25) is 5.91 Å². The molecule has 0 unspecified atom stereocenters. The van der Waals surface area contributed by atoms with Crippen LogP contribution >= 0.6 is 0 Å². The number of carbonyl (C=O) groups excluding carboxylic acids is 1. The minimum atomic E-state index is 0.278. The fourth-order valence-corrected chi connectivity index (χ4v) is 2.01. The summed E-state index contributed by atoms with van der Waals surface area (Å²) in [5.74, 6) is 0.278. The lowest BCUT2D eigenvalue weighted by Gasteiger charge is -2.27. The van der Waals surface area contributed by atoms with Crippen LogP contribution in [0.25, 0.3) is 0 Å². The van der Waals surface area contributed by atoms with Crippen molar-refractivity contribution in [2.45, 2.75) is 39.2 Å². The summed E-state index contributed by atoms with van der Waals surface area (Å²) in [5.41, 5.74) is 0. The van der Waals surface area contributed by atoms with Crippen LogP contribution in [-0.4, -0.2) is 61.5 Å². The van der Waals surface area contributed by atoms with Gasteiger partial charge in [-0.1, -0.05) is 0 Å². The Labute approximate surface area is 105 Å². The van der Waals surface area contributed by atoms with Crippen LogP contribution in [0.3, 0.4) is 0 Å². The smallest absolute Gasteiger partial charge is 0.222 e. The molecule has 1 aliphatic rings. The molecule has 4 heteroatoms. The number of carbonyl (C=O) groups is 1. The highest BCUT2D eigenvalue weighted by atomic mass is 16.2. The number of hydrogen-bond donors (Lipinski definition) is 1. The summed E-state index contributed by atoms with van der Waals surface area (Å²) in [7, 11) is 1.89. The number of amides is 1. The Morgan fingerprint density at radius 1 is 1.29 bits per heavy atom. The molecule has 0 atom stereocenters. The van der Waals surface area contributed by atoms with Crippen molar-refractivity contribution < 1.29 is 4.79 Å². The summed E-state index contributed by atoms with van der Waals surface area (Å²) in [5, 5.41) is 3.35. The van der Waals surface area contributed by atoms with Crippen LogP contribution in [0.2, 0.25) is 0 Å². The molecule has 1 aliphatic heterocycles. The number of piperazine rings is 1. The minimum Gasteiger partial charge on any atom is -0.343 e. The van der Waals surface area contributed by atoms with Crippen LogP contribution in [-0.2, 0) is 4.79 Å². The average molecular weight is 241 g/mol. The van der Waals surface area contributed by atoms with Gasteiger partial charge in [-0.15, -0.1) is 0 Å². The van der Waals surface area contributed by atoms with Gasteiger partial charge in [-0.3, -0.25) is 4.79 Å². The Morgan fingerprint density at radius 3 is 2.53 bits per heavy atom. The number of rotatable bonds is 6. The quantitative estimate of drug-likeness (QED) is 0.703. The molecule has 4 nitrogen and oxygen atoms in total. The van der Waals surface area contributed by atoms with Crippen LogP contribution in [0.15, 0.2) is 0 Å². The number of nitrogens with zero attached hydrogens (tertiary/aromatic N) is 2. The van der Waals surface area contributed by atoms with E-state index in [4.69, 9.17) is 0 Å². The molecule has 0 bridgehead atoms. The predicted octanol–water partition coefficient (Wildman–Crippen LogP) is 0.929. The van der Waals surface area contributed by atoms with Gasteiger partial charge in [0.1, 0.15) is 0 Å². The molecule has 0 aromatic heterocycles. The van der Waals surface area contributed by atoms with Gasteiger partial charge in [-0.05, 0) is 33.2 Å². The lowest BCUT2D eigenvalue weighted by molar-refractivity contribution is -0.131. The molecule has 0 aliphatic carbocycles. The summed E-state index contributed by atoms with van der Waals surface area (Å²) in [4.78, 5) is 16.1. The third-order valence-corrected chi connectivity index (χ3v) is 3.49. The van der Waals surface area contributed by atoms with Gasteiger partial charge in [0.05, 0.1) is 0 Å². The first kappa shape index (κ1) is 14.5. The Hall–Kier alpha value is -0.610. The van der Waals surface area contributed by atoms with Crippen molar-refractivity contribution in [3.8, 4) is 0 Å². The van der Waals surface area contributed by atoms with Gasteiger partial charge in [0.25, 0.3) is 0 Å². The number of unbranched alkanes of at least 4 members (excludes halogenated alkanes) is 1. The van der Waals surface area contributed by atoms with Gasteiger partial charge < -0.3 is 15.1 Å². The molecule has 1 amide bonds. The zero-order chi connectivity index (χ0) is 12.7. The first-order valence-electron chi connectivity index (χ1n) is 6.80. The van der Waals surface area contributed by atoms with E-state index in [-0.39, 0.29) is 5.91 Å². The van der Waals surface area contributed by atoms with Crippen LogP contribution in [0, 0.1) is 0 Å². The summed E-state index contributed by atoms with van der Waals surface area (Å²) in [6, 6.07) is 0.315. The van der Waals surface area contributed by atoms with Crippen molar-refractivity contribution in [2.24, 2.45) is 0 Å². The number of nitrogens with one attached hydrogen (secondary N) is 1. The zero-order valence-corrected chi connectivity index (χ0v) is 11.5. The molecule has 1 heterocycles. The van der Waals surface area contributed by atoms with Crippen molar-refractivity contribution in [1.82, 2.24) is 15.1 Å². The zero-order valence-electron chi connectivity index (χ0n) is 11.5. The summed E-state index contributed by atoms with van der Waals surface area (Å²) < 4.78 is 0. The van der Waals surface area contributed by atoms with E-state index >= 15 is 0 Å². The topological polar surface area (TPSA) is 35.6 Å². The third-order valence-electron chi connectivity index (χ3n) is 3.49. The van der Waals surface area contributed by atoms with E-state index in [9.17, 15) is 4.79 Å². The summed E-state index contributed by atoms with van der Waals surface area (Å²) >= 11 is 0. The van der Waals surface area contributed by atoms with Crippen LogP contribution < -0.4 is 5.32 Å². The second-order valence-corrected chi connectivity index (χ2v) is 5.15. The fourth-order valence-electron chi connectivity index (χ4n) is 2.01. The minimum absolute atomic E-state index is 0.278. The first-order valence-corrected chi connectivity index (χ1v) is 6.80. The molecule has 0 radical (unpaired) electrons. The molecular weight excluding hydrogens is 214 g/mol. The molecule has 0 spiro atoms. The Balaban J connectivity index is 2.05. The highest BCUT2D eigenvalue weighted by Gasteiger charge is 2.12. The van der Waals surface area contributed by atoms with Gasteiger partial charge in [0.15, 0.2) is 0 Å². The number of hydrogen-bond acceptors (Lipinski definition) is 3. The lowest BCUT2D eigenvalue weighted by atomic mass is 10.2. The highest BCUT2D eigenvalue weighted by Crippen LogP contribution is 2.04. The van der Waals surface area contributed by atoms with Crippen molar-refractivity contribution in [3.05, 3.63) is 0 Å². The molecule has 100 valence electrons. The average Bonchev–Trinajstić information content (AvgIpc) is 2.34. The molecule has 1 fully saturated rings. The largest absolute Gasteiger partial charge is 0.343 e. The highest BCUT2D eigenvalue weighted by molar-refractivity contribution is 5.76. The normalized spacial score (nSPS) is 17.4. The summed E-state index contributed by atoms with van der Waals surface area (Å²) in [6.07, 6.45) is 2.85. The molecule has 0 aromatic rings. The Kier molecular flexibility index (Phi) is 6.52. The second kappa shape index (κ2) is 7.67. The maximum absolute atomic E-state index is 11.7. The molecular formula is C13H27N3O. The second-order valence-electron chi connectivity index (χ2n) is 5.15. The third kappa shape index (κ3) is 5.50. The van der Waals surface area contributed by atoms with Gasteiger partial charge in [-0.25, -0.2) is 0 Å². The van der Waals surface area contributed by atoms with E-state index in [1.807, 2.05) is 11.9 Å². The molecule has 1 saturated heterocycles. The van der Waals surface area contributed by atoms with Crippen LogP contribution in [0.1, 0.15) is 33.1 Å². The lowest BCUT2D eigenvalue weighted by Crippen LogP contribution is -2.43. The Bertz CT molecular complexity index is 225. The maximum Gasteiger partial charge on any atom is 0.222 e. The summed E-state index contributed by atoms with van der Waals surface area (Å²) in [6.45, 7) is 9.77. The van der Waals surface area contributed by atoms with Gasteiger partial charge in [-0.2, -0.15) is 0 Å². The Morgan fingerprint density at radius 2 is 1.94 bits per heavy atom. The standard InChI is InChI=1S/C13H27N3O/c1-12(2)15(3)13(17)6-4-5-9-16-10-7-14-8-11-16/h12,14H,4-11H2,1-3H3. The van der Waals surface area contributed by atoms with Crippen LogP contribution in [0.4, 0.5) is 0 Å². The van der Waals surface area contributed by atoms with E-state index in [0.29, 0.717) is 12.5 Å². The van der Waals surface area contributed by atoms with Gasteiger partial charge >= 0.3 is 0 Å². The molecule has 0 aromatic carbocycles. The van der Waals surface area contributed by atoms with Crippen molar-refractivity contribution in [2.75, 3.05) is 39.8 Å². The van der Waals surface area contributed by atoms with Crippen LogP contribution in [0.5, 0.6) is 0 Å². The molecule has 17 heavy (non-hydrogen) atoms. The van der Waals surface area contributed by atoms with Gasteiger partial charge in [0, 0.05) is 45.7 Å². The van der Waals surface area contributed by atoms with Crippen molar-refractivity contribution in [1.29, 1.82) is 0 Å². The predicted molar refractivity (Wildman–Crippen MR) is 71.1 cm³/mol. The molecule has 1 rings (SSSR count). The molecule has 1 N–H and O–H groups in total. The SMILES string of the molecule is CC(C)N(C)C(=O)CCCCN1CCNCC1. The first-order chi connectivity index (χ1) is 8.11. The molecule has 0 saturated carbocycles. The van der Waals surface area contributed by atoms with Crippen molar-refractivity contribution in [3.63, 3.8) is 0 Å². The fraction of sp³-hybridized carbons (Fsp3) is 0.923. The van der Waals surface area contributed by atoms with E-state index < -0.39 is 0 Å². The van der Waals surface area contributed by atoms with E-state index in [0.717, 1.165) is 45.6 Å². The monoisotopic (exact) mass is 241 g/mol.